The van der Waals surface area contributed by atoms with Crippen LogP contribution in [0.2, 0.25) is 0 Å². The summed E-state index contributed by atoms with van der Waals surface area (Å²) in [4.78, 5) is 13.9. The van der Waals surface area contributed by atoms with Crippen LogP contribution in [0.25, 0.3) is 0 Å². The molecule has 0 spiro atoms. The van der Waals surface area contributed by atoms with Gasteiger partial charge in [0.15, 0.2) is 0 Å². The van der Waals surface area contributed by atoms with Gasteiger partial charge in [-0.15, -0.1) is 0 Å². The van der Waals surface area contributed by atoms with E-state index in [1.165, 1.54) is 32.1 Å². The summed E-state index contributed by atoms with van der Waals surface area (Å²) < 4.78 is 5.45. The van der Waals surface area contributed by atoms with Gasteiger partial charge in [0.1, 0.15) is 5.60 Å². The zero-order chi connectivity index (χ0) is 14.3. The number of carbonyl (C=O) groups is 1. The highest BCUT2D eigenvalue weighted by molar-refractivity contribution is 7.80. The molecular weight excluding hydrogens is 258 g/mol. The van der Waals surface area contributed by atoms with Crippen LogP contribution in [0.5, 0.6) is 0 Å². The van der Waals surface area contributed by atoms with Crippen molar-refractivity contribution in [1.82, 2.24) is 4.90 Å². The Morgan fingerprint density at radius 3 is 2.68 bits per heavy atom. The first-order valence-corrected chi connectivity index (χ1v) is 8.14. The Morgan fingerprint density at radius 1 is 1.32 bits per heavy atom. The van der Waals surface area contributed by atoms with Crippen LogP contribution in [0.15, 0.2) is 0 Å². The molecule has 1 saturated heterocycles. The van der Waals surface area contributed by atoms with Crippen molar-refractivity contribution in [2.75, 3.05) is 18.8 Å². The molecule has 0 saturated carbocycles. The van der Waals surface area contributed by atoms with Gasteiger partial charge in [0, 0.05) is 13.1 Å². The monoisotopic (exact) mass is 287 g/mol. The lowest BCUT2D eigenvalue weighted by molar-refractivity contribution is 0.0160. The molecular formula is C15H29NO2S. The van der Waals surface area contributed by atoms with E-state index in [2.05, 4.69) is 12.6 Å². The lowest BCUT2D eigenvalue weighted by atomic mass is 9.93. The number of hydrogen-bond donors (Lipinski definition) is 1. The van der Waals surface area contributed by atoms with Crippen molar-refractivity contribution in [3.8, 4) is 0 Å². The summed E-state index contributed by atoms with van der Waals surface area (Å²) in [5, 5.41) is 0. The van der Waals surface area contributed by atoms with Gasteiger partial charge in [-0.1, -0.05) is 12.8 Å². The van der Waals surface area contributed by atoms with Gasteiger partial charge in [0.25, 0.3) is 0 Å². The fourth-order valence-corrected chi connectivity index (χ4v) is 2.74. The molecule has 0 aliphatic carbocycles. The molecule has 3 nitrogen and oxygen atoms in total. The highest BCUT2D eigenvalue weighted by atomic mass is 32.1. The number of ether oxygens (including phenoxy) is 1. The molecule has 0 bridgehead atoms. The highest BCUT2D eigenvalue weighted by Gasteiger charge is 2.27. The Morgan fingerprint density at radius 2 is 2.05 bits per heavy atom. The van der Waals surface area contributed by atoms with Gasteiger partial charge < -0.3 is 9.64 Å². The molecule has 19 heavy (non-hydrogen) atoms. The van der Waals surface area contributed by atoms with E-state index in [1.807, 2.05) is 25.7 Å². The Balaban J connectivity index is 2.31. The van der Waals surface area contributed by atoms with Gasteiger partial charge in [0.05, 0.1) is 0 Å². The molecule has 1 aliphatic rings. The summed E-state index contributed by atoms with van der Waals surface area (Å²) in [6, 6.07) is 0. The van der Waals surface area contributed by atoms with E-state index in [0.717, 1.165) is 25.3 Å². The lowest BCUT2D eigenvalue weighted by Crippen LogP contribution is -2.42. The van der Waals surface area contributed by atoms with E-state index in [9.17, 15) is 4.79 Å². The maximum Gasteiger partial charge on any atom is 0.410 e. The van der Waals surface area contributed by atoms with Gasteiger partial charge in [-0.25, -0.2) is 4.79 Å². The number of hydrogen-bond acceptors (Lipinski definition) is 3. The second kappa shape index (κ2) is 8.03. The quantitative estimate of drug-likeness (QED) is 0.609. The number of nitrogens with zero attached hydrogens (tertiary/aromatic N) is 1. The Labute approximate surface area is 123 Å². The lowest BCUT2D eigenvalue weighted by Gasteiger charge is -2.34. The summed E-state index contributed by atoms with van der Waals surface area (Å²) >= 11 is 4.23. The van der Waals surface area contributed by atoms with Crippen molar-refractivity contribution in [3.63, 3.8) is 0 Å². The van der Waals surface area contributed by atoms with Gasteiger partial charge >= 0.3 is 6.09 Å². The maximum atomic E-state index is 12.0. The first-order chi connectivity index (χ1) is 8.92. The fraction of sp³-hybridized carbons (Fsp3) is 0.933. The molecule has 1 atom stereocenters. The SMILES string of the molecule is CC(C)(C)OC(=O)N1CCCC(CCCCCS)C1. The molecule has 0 aromatic carbocycles. The molecule has 4 heteroatoms. The van der Waals surface area contributed by atoms with Crippen LogP contribution in [0.1, 0.15) is 59.3 Å². The van der Waals surface area contributed by atoms with E-state index in [1.54, 1.807) is 0 Å². The smallest absolute Gasteiger partial charge is 0.410 e. The summed E-state index contributed by atoms with van der Waals surface area (Å²) in [7, 11) is 0. The van der Waals surface area contributed by atoms with Crippen molar-refractivity contribution >= 4 is 18.7 Å². The van der Waals surface area contributed by atoms with Crippen LogP contribution < -0.4 is 0 Å². The van der Waals surface area contributed by atoms with Crippen molar-refractivity contribution in [2.45, 2.75) is 64.9 Å². The summed E-state index contributed by atoms with van der Waals surface area (Å²) in [5.41, 5.74) is -0.392. The van der Waals surface area contributed by atoms with Gasteiger partial charge in [-0.3, -0.25) is 0 Å². The van der Waals surface area contributed by atoms with Gasteiger partial charge in [-0.05, 0) is 58.1 Å². The van der Waals surface area contributed by atoms with Crippen molar-refractivity contribution in [2.24, 2.45) is 5.92 Å². The van der Waals surface area contributed by atoms with Crippen molar-refractivity contribution in [1.29, 1.82) is 0 Å². The predicted molar refractivity (Wildman–Crippen MR) is 82.9 cm³/mol. The van der Waals surface area contributed by atoms with E-state index >= 15 is 0 Å². The molecule has 1 rings (SSSR count). The second-order valence-corrected chi connectivity index (χ2v) is 6.95. The minimum absolute atomic E-state index is 0.146. The standard InChI is InChI=1S/C15H29NO2S/c1-15(2,3)18-14(17)16-10-7-9-13(12-16)8-5-4-6-11-19/h13,19H,4-12H2,1-3H3. The third kappa shape index (κ3) is 7.09. The van der Waals surface area contributed by atoms with Crippen molar-refractivity contribution < 1.29 is 9.53 Å². The maximum absolute atomic E-state index is 12.0. The van der Waals surface area contributed by atoms with E-state index < -0.39 is 5.60 Å². The van der Waals surface area contributed by atoms with Crippen LogP contribution in [-0.2, 0) is 4.74 Å². The zero-order valence-corrected chi connectivity index (χ0v) is 13.5. The molecule has 1 heterocycles. The van der Waals surface area contributed by atoms with E-state index in [0.29, 0.717) is 5.92 Å². The first kappa shape index (κ1) is 16.7. The number of amides is 1. The number of rotatable bonds is 5. The second-order valence-electron chi connectivity index (χ2n) is 6.51. The zero-order valence-electron chi connectivity index (χ0n) is 12.7. The van der Waals surface area contributed by atoms with Gasteiger partial charge in [-0.2, -0.15) is 12.6 Å². The molecule has 112 valence electrons. The molecule has 0 radical (unpaired) electrons. The highest BCUT2D eigenvalue weighted by Crippen LogP contribution is 2.23. The molecule has 0 aromatic rings. The summed E-state index contributed by atoms with van der Waals surface area (Å²) in [6.45, 7) is 7.48. The fourth-order valence-electron chi connectivity index (χ4n) is 2.51. The number of carbonyl (C=O) groups excluding carboxylic acids is 1. The third-order valence-electron chi connectivity index (χ3n) is 3.44. The number of likely N-dealkylation sites (tertiary alicyclic amines) is 1. The first-order valence-electron chi connectivity index (χ1n) is 7.51. The average molecular weight is 287 g/mol. The van der Waals surface area contributed by atoms with E-state index in [-0.39, 0.29) is 6.09 Å². The Kier molecular flexibility index (Phi) is 7.05. The predicted octanol–water partition coefficient (Wildman–Crippen LogP) is 4.12. The molecule has 0 aromatic heterocycles. The third-order valence-corrected chi connectivity index (χ3v) is 3.76. The number of piperidine rings is 1. The summed E-state index contributed by atoms with van der Waals surface area (Å²) in [6.07, 6.45) is 7.15. The number of unbranched alkanes of at least 4 members (excludes halogenated alkanes) is 2. The van der Waals surface area contributed by atoms with Crippen molar-refractivity contribution in [3.05, 3.63) is 0 Å². The minimum Gasteiger partial charge on any atom is -0.444 e. The average Bonchev–Trinajstić information content (AvgIpc) is 2.33. The topological polar surface area (TPSA) is 29.5 Å². The Hall–Kier alpha value is -0.380. The normalized spacial score (nSPS) is 20.4. The Bertz CT molecular complexity index is 276. The van der Waals surface area contributed by atoms with Crippen LogP contribution >= 0.6 is 12.6 Å². The largest absolute Gasteiger partial charge is 0.444 e. The van der Waals surface area contributed by atoms with Crippen LogP contribution in [0, 0.1) is 5.92 Å². The van der Waals surface area contributed by atoms with E-state index in [4.69, 9.17) is 4.74 Å². The number of thiol groups is 1. The molecule has 1 aliphatic heterocycles. The summed E-state index contributed by atoms with van der Waals surface area (Å²) in [5.74, 6) is 1.63. The molecule has 1 unspecified atom stereocenters. The van der Waals surface area contributed by atoms with Crippen LogP contribution in [0.3, 0.4) is 0 Å². The van der Waals surface area contributed by atoms with Crippen LogP contribution in [0.4, 0.5) is 4.79 Å². The molecule has 1 fully saturated rings. The minimum atomic E-state index is -0.392. The molecule has 1 amide bonds. The van der Waals surface area contributed by atoms with Gasteiger partial charge in [0.2, 0.25) is 0 Å². The van der Waals surface area contributed by atoms with Crippen LogP contribution in [-0.4, -0.2) is 35.4 Å². The molecule has 0 N–H and O–H groups in total.